The number of hydrogen-bond donors (Lipinski definition) is 2. The van der Waals surface area contributed by atoms with E-state index in [0.717, 1.165) is 16.1 Å². The molecule has 0 saturated heterocycles. The molecule has 4 aromatic rings. The number of fused-ring (bicyclic) bond motifs is 4. The standard InChI is InChI=1S/C34H30BrF3N2O6/c1-19-28(23-16-21(35)8-10-24(23)39-29(19)20-6-4-3-5-7-20)30(41)40-33-14-12-32(13-15-33,31(42)43)18-27(33)45-26-17-22(44-2)9-11-25(26)46-34(36,37)38/h3-11,16-17,27H,12-15,18H2,1-2H3,(H,40,41)(H,42,43)/t27-,32?,33?/m1/s1. The molecule has 3 aromatic carbocycles. The Hall–Kier alpha value is -4.32. The number of aromatic nitrogens is 1. The molecule has 3 saturated carbocycles. The number of alkyl halides is 3. The lowest BCUT2D eigenvalue weighted by atomic mass is 9.55. The predicted molar refractivity (Wildman–Crippen MR) is 167 cm³/mol. The van der Waals surface area contributed by atoms with E-state index in [0.29, 0.717) is 27.7 Å². The number of hydrogen-bond acceptors (Lipinski definition) is 6. The number of halogens is 4. The lowest BCUT2D eigenvalue weighted by molar-refractivity contribution is -0.275. The zero-order chi connectivity index (χ0) is 32.9. The summed E-state index contributed by atoms with van der Waals surface area (Å²) in [6.45, 7) is 1.82. The molecule has 0 aliphatic heterocycles. The molecule has 12 heteroatoms. The Morgan fingerprint density at radius 2 is 1.72 bits per heavy atom. The van der Waals surface area contributed by atoms with Gasteiger partial charge in [0.25, 0.3) is 5.91 Å². The van der Waals surface area contributed by atoms with Crippen LogP contribution in [0.1, 0.15) is 48.0 Å². The van der Waals surface area contributed by atoms with Crippen LogP contribution in [0, 0.1) is 12.3 Å². The van der Waals surface area contributed by atoms with E-state index in [1.807, 2.05) is 55.5 Å². The van der Waals surface area contributed by atoms with Crippen molar-refractivity contribution in [1.29, 1.82) is 0 Å². The highest BCUT2D eigenvalue weighted by Gasteiger charge is 2.60. The van der Waals surface area contributed by atoms with Crippen molar-refractivity contribution in [2.45, 2.75) is 57.0 Å². The van der Waals surface area contributed by atoms with Gasteiger partial charge in [-0.25, -0.2) is 4.98 Å². The predicted octanol–water partition coefficient (Wildman–Crippen LogP) is 7.84. The van der Waals surface area contributed by atoms with Crippen LogP contribution >= 0.6 is 15.9 Å². The molecule has 1 aromatic heterocycles. The fraction of sp³-hybridized carbons (Fsp3) is 0.324. The van der Waals surface area contributed by atoms with Crippen molar-refractivity contribution >= 4 is 38.7 Å². The Kier molecular flexibility index (Phi) is 8.12. The normalized spacial score (nSPS) is 22.3. The molecular weight excluding hydrogens is 669 g/mol. The van der Waals surface area contributed by atoms with Crippen molar-refractivity contribution in [3.8, 4) is 28.5 Å². The number of carbonyl (C=O) groups excluding carboxylic acids is 1. The number of rotatable bonds is 8. The second kappa shape index (κ2) is 11.8. The average molecular weight is 700 g/mol. The second-order valence-electron chi connectivity index (χ2n) is 11.9. The van der Waals surface area contributed by atoms with E-state index < -0.39 is 41.0 Å². The maximum absolute atomic E-state index is 14.5. The largest absolute Gasteiger partial charge is 0.573 e. The van der Waals surface area contributed by atoms with Gasteiger partial charge in [-0.3, -0.25) is 9.59 Å². The molecule has 3 fully saturated rings. The molecule has 0 spiro atoms. The fourth-order valence-corrected chi connectivity index (χ4v) is 7.13. The van der Waals surface area contributed by atoms with Gasteiger partial charge in [-0.2, -0.15) is 0 Å². The lowest BCUT2D eigenvalue weighted by Gasteiger charge is -2.55. The molecule has 0 unspecified atom stereocenters. The third-order valence-electron chi connectivity index (χ3n) is 9.22. The van der Waals surface area contributed by atoms with E-state index in [4.69, 9.17) is 14.5 Å². The topological polar surface area (TPSA) is 107 Å². The minimum Gasteiger partial charge on any atom is -0.497 e. The van der Waals surface area contributed by atoms with E-state index in [9.17, 15) is 27.9 Å². The van der Waals surface area contributed by atoms with Crippen LogP contribution in [0.3, 0.4) is 0 Å². The molecule has 1 amide bonds. The number of amides is 1. The number of benzene rings is 3. The first-order chi connectivity index (χ1) is 21.8. The van der Waals surface area contributed by atoms with Gasteiger partial charge >= 0.3 is 12.3 Å². The molecule has 2 N–H and O–H groups in total. The van der Waals surface area contributed by atoms with Gasteiger partial charge in [-0.05, 0) is 68.5 Å². The molecular formula is C34H30BrF3N2O6. The van der Waals surface area contributed by atoms with Gasteiger partial charge in [-0.15, -0.1) is 13.2 Å². The van der Waals surface area contributed by atoms with Crippen LogP contribution in [-0.4, -0.2) is 47.1 Å². The molecule has 1 atom stereocenters. The molecule has 1 heterocycles. The van der Waals surface area contributed by atoms with Gasteiger partial charge in [0.1, 0.15) is 11.9 Å². The van der Waals surface area contributed by atoms with Crippen molar-refractivity contribution in [3.63, 3.8) is 0 Å². The average Bonchev–Trinajstić information content (AvgIpc) is 3.02. The summed E-state index contributed by atoms with van der Waals surface area (Å²) in [5.41, 5.74) is 0.859. The Balaban J connectivity index is 1.43. The van der Waals surface area contributed by atoms with Gasteiger partial charge in [0.2, 0.25) is 0 Å². The Morgan fingerprint density at radius 3 is 2.37 bits per heavy atom. The molecule has 0 radical (unpaired) electrons. The van der Waals surface area contributed by atoms with Crippen molar-refractivity contribution in [2.24, 2.45) is 5.41 Å². The van der Waals surface area contributed by atoms with Crippen LogP contribution in [-0.2, 0) is 4.79 Å². The monoisotopic (exact) mass is 698 g/mol. The number of carboxylic acids is 1. The first kappa shape index (κ1) is 31.7. The summed E-state index contributed by atoms with van der Waals surface area (Å²) < 4.78 is 56.5. The minimum absolute atomic E-state index is 0.0256. The van der Waals surface area contributed by atoms with E-state index in [2.05, 4.69) is 26.0 Å². The Morgan fingerprint density at radius 1 is 1.00 bits per heavy atom. The fourth-order valence-electron chi connectivity index (χ4n) is 6.77. The van der Waals surface area contributed by atoms with Gasteiger partial charge in [0.05, 0.1) is 34.8 Å². The number of carboxylic acid groups (broad SMARTS) is 1. The van der Waals surface area contributed by atoms with E-state index in [1.54, 1.807) is 0 Å². The second-order valence-corrected chi connectivity index (χ2v) is 12.8. The highest BCUT2D eigenvalue weighted by molar-refractivity contribution is 9.10. The Bertz CT molecular complexity index is 1820. The maximum atomic E-state index is 14.5. The van der Waals surface area contributed by atoms with Gasteiger partial charge in [0, 0.05) is 27.9 Å². The van der Waals surface area contributed by atoms with E-state index >= 15 is 0 Å². The van der Waals surface area contributed by atoms with Crippen molar-refractivity contribution < 1.29 is 42.1 Å². The van der Waals surface area contributed by atoms with E-state index in [1.165, 1.54) is 19.2 Å². The van der Waals surface area contributed by atoms with Crippen LogP contribution in [0.4, 0.5) is 13.2 Å². The van der Waals surface area contributed by atoms with E-state index in [-0.39, 0.29) is 43.6 Å². The number of pyridine rings is 1. The van der Waals surface area contributed by atoms with Gasteiger partial charge < -0.3 is 24.6 Å². The van der Waals surface area contributed by atoms with Crippen LogP contribution in [0.15, 0.2) is 71.2 Å². The smallest absolute Gasteiger partial charge is 0.497 e. The highest BCUT2D eigenvalue weighted by Crippen LogP contribution is 2.54. The van der Waals surface area contributed by atoms with Crippen LogP contribution in [0.25, 0.3) is 22.2 Å². The molecule has 2 bridgehead atoms. The van der Waals surface area contributed by atoms with Crippen LogP contribution in [0.2, 0.25) is 0 Å². The number of aliphatic carboxylic acids is 1. The summed E-state index contributed by atoms with van der Waals surface area (Å²) in [6.07, 6.45) is -5.00. The van der Waals surface area contributed by atoms with Gasteiger partial charge in [0.15, 0.2) is 11.5 Å². The zero-order valence-corrected chi connectivity index (χ0v) is 26.5. The summed E-state index contributed by atoms with van der Waals surface area (Å²) in [7, 11) is 1.36. The molecule has 3 aliphatic rings. The molecule has 240 valence electrons. The summed E-state index contributed by atoms with van der Waals surface area (Å²) in [4.78, 5) is 31.8. The number of ether oxygens (including phenoxy) is 3. The number of methoxy groups -OCH3 is 1. The molecule has 3 aliphatic carbocycles. The summed E-state index contributed by atoms with van der Waals surface area (Å²) >= 11 is 3.50. The summed E-state index contributed by atoms with van der Waals surface area (Å²) in [5.74, 6) is -2.09. The Labute approximate surface area is 271 Å². The molecule has 8 nitrogen and oxygen atoms in total. The number of nitrogens with one attached hydrogen (secondary N) is 1. The van der Waals surface area contributed by atoms with Gasteiger partial charge in [-0.1, -0.05) is 46.3 Å². The molecule has 46 heavy (non-hydrogen) atoms. The third-order valence-corrected chi connectivity index (χ3v) is 9.71. The quantitative estimate of drug-likeness (QED) is 0.193. The molecule has 7 rings (SSSR count). The number of nitrogens with zero attached hydrogens (tertiary/aromatic N) is 1. The highest BCUT2D eigenvalue weighted by atomic mass is 79.9. The lowest BCUT2D eigenvalue weighted by Crippen LogP contribution is -2.67. The first-order valence-corrected chi connectivity index (χ1v) is 15.4. The third kappa shape index (κ3) is 5.86. The summed E-state index contributed by atoms with van der Waals surface area (Å²) in [6, 6.07) is 18.6. The maximum Gasteiger partial charge on any atom is 0.573 e. The minimum atomic E-state index is -5.00. The number of carbonyl (C=O) groups is 2. The first-order valence-electron chi connectivity index (χ1n) is 14.6. The van der Waals surface area contributed by atoms with Crippen molar-refractivity contribution in [1.82, 2.24) is 10.3 Å². The van der Waals surface area contributed by atoms with Crippen LogP contribution in [0.5, 0.6) is 17.2 Å². The zero-order valence-electron chi connectivity index (χ0n) is 24.9. The summed E-state index contributed by atoms with van der Waals surface area (Å²) in [5, 5.41) is 14.0. The van der Waals surface area contributed by atoms with Crippen molar-refractivity contribution in [3.05, 3.63) is 82.3 Å². The SMILES string of the molecule is COc1ccc(OC(F)(F)F)c(O[C@@H]2CC3(C(=O)O)CCC2(NC(=O)c2c(C)c(-c4ccccc4)nc4ccc(Br)cc24)CC3)c1. The van der Waals surface area contributed by atoms with Crippen LogP contribution < -0.4 is 19.5 Å². The van der Waals surface area contributed by atoms with Crippen molar-refractivity contribution in [2.75, 3.05) is 7.11 Å².